The Balaban J connectivity index is 1.26. The minimum atomic E-state index is -0.511. The van der Waals surface area contributed by atoms with Gasteiger partial charge in [0.1, 0.15) is 18.0 Å². The molecular formula is C27H32N2O5. The van der Waals surface area contributed by atoms with Crippen LogP contribution in [0.3, 0.4) is 0 Å². The van der Waals surface area contributed by atoms with Gasteiger partial charge in [0.2, 0.25) is 11.8 Å². The molecule has 2 fully saturated rings. The van der Waals surface area contributed by atoms with E-state index in [0.29, 0.717) is 6.42 Å². The van der Waals surface area contributed by atoms with E-state index in [1.165, 1.54) is 0 Å². The summed E-state index contributed by atoms with van der Waals surface area (Å²) in [6, 6.07) is 15.4. The first kappa shape index (κ1) is 22.9. The Bertz CT molecular complexity index is 1040. The molecule has 0 spiro atoms. The second-order valence-electron chi connectivity index (χ2n) is 9.68. The number of carbonyl (C=O) groups is 2. The molecule has 1 saturated carbocycles. The molecule has 7 nitrogen and oxygen atoms in total. The number of fused-ring (bicyclic) bond motifs is 3. The van der Waals surface area contributed by atoms with Gasteiger partial charge in [-0.25, -0.2) is 0 Å². The summed E-state index contributed by atoms with van der Waals surface area (Å²) in [7, 11) is 0. The first-order chi connectivity index (χ1) is 16.5. The lowest BCUT2D eigenvalue weighted by Gasteiger charge is -2.37. The highest BCUT2D eigenvalue weighted by Gasteiger charge is 2.46. The summed E-state index contributed by atoms with van der Waals surface area (Å²) in [5, 5.41) is 16.1. The first-order valence-corrected chi connectivity index (χ1v) is 12.2. The van der Waals surface area contributed by atoms with Gasteiger partial charge in [-0.1, -0.05) is 36.8 Å². The fraction of sp³-hybridized carbons (Fsp3) is 0.481. The maximum atomic E-state index is 12.8. The molecule has 3 aliphatic rings. The van der Waals surface area contributed by atoms with Crippen LogP contribution < -0.4 is 15.4 Å². The minimum absolute atomic E-state index is 0.00852. The number of hydrogen-bond acceptors (Lipinski definition) is 5. The Morgan fingerprint density at radius 2 is 1.94 bits per heavy atom. The van der Waals surface area contributed by atoms with Gasteiger partial charge < -0.3 is 25.2 Å². The largest absolute Gasteiger partial charge is 0.487 e. The molecule has 2 aromatic rings. The molecule has 2 aromatic carbocycles. The Morgan fingerprint density at radius 3 is 2.65 bits per heavy atom. The van der Waals surface area contributed by atoms with Crippen LogP contribution in [0.15, 0.2) is 48.5 Å². The molecule has 34 heavy (non-hydrogen) atoms. The maximum Gasteiger partial charge on any atom is 0.227 e. The van der Waals surface area contributed by atoms with Gasteiger partial charge in [0.05, 0.1) is 25.2 Å². The zero-order valence-electron chi connectivity index (χ0n) is 19.4. The van der Waals surface area contributed by atoms with Gasteiger partial charge in [0.15, 0.2) is 0 Å². The molecule has 180 valence electrons. The van der Waals surface area contributed by atoms with Crippen LogP contribution >= 0.6 is 0 Å². The number of carbonyl (C=O) groups excluding carboxylic acids is 2. The molecule has 0 radical (unpaired) electrons. The van der Waals surface area contributed by atoms with Crippen LogP contribution in [0.1, 0.15) is 62.1 Å². The third-order valence-corrected chi connectivity index (χ3v) is 7.33. The van der Waals surface area contributed by atoms with E-state index in [0.717, 1.165) is 41.8 Å². The van der Waals surface area contributed by atoms with Gasteiger partial charge in [-0.05, 0) is 49.9 Å². The van der Waals surface area contributed by atoms with E-state index >= 15 is 0 Å². The van der Waals surface area contributed by atoms with Crippen LogP contribution in [0, 0.1) is 5.92 Å². The lowest BCUT2D eigenvalue weighted by molar-refractivity contribution is -0.142. The third-order valence-electron chi connectivity index (χ3n) is 7.33. The van der Waals surface area contributed by atoms with E-state index in [1.807, 2.05) is 55.5 Å². The van der Waals surface area contributed by atoms with Crippen LogP contribution in [0.25, 0.3) is 0 Å². The molecule has 2 heterocycles. The molecule has 1 aliphatic carbocycles. The summed E-state index contributed by atoms with van der Waals surface area (Å²) in [6.07, 6.45) is 2.69. The number of nitrogens with one attached hydrogen (secondary N) is 2. The fourth-order valence-electron chi connectivity index (χ4n) is 5.21. The molecule has 2 aliphatic heterocycles. The van der Waals surface area contributed by atoms with Crippen LogP contribution in [0.5, 0.6) is 5.75 Å². The summed E-state index contributed by atoms with van der Waals surface area (Å²) in [4.78, 5) is 25.2. The highest BCUT2D eigenvalue weighted by Crippen LogP contribution is 2.47. The number of ether oxygens (including phenoxy) is 2. The Hall–Kier alpha value is -2.90. The normalized spacial score (nSPS) is 26.4. The second-order valence-corrected chi connectivity index (χ2v) is 9.68. The predicted octanol–water partition coefficient (Wildman–Crippen LogP) is 3.69. The number of aliphatic hydroxyl groups excluding tert-OH is 1. The van der Waals surface area contributed by atoms with Crippen molar-refractivity contribution < 1.29 is 24.2 Å². The number of benzene rings is 2. The molecule has 5 atom stereocenters. The van der Waals surface area contributed by atoms with Crippen molar-refractivity contribution in [1.29, 1.82) is 0 Å². The summed E-state index contributed by atoms with van der Waals surface area (Å²) < 4.78 is 12.2. The minimum Gasteiger partial charge on any atom is -0.487 e. The molecule has 5 rings (SSSR count). The number of hydrogen-bond donors (Lipinski definition) is 3. The molecule has 2 amide bonds. The van der Waals surface area contributed by atoms with Crippen molar-refractivity contribution in [1.82, 2.24) is 5.32 Å². The zero-order chi connectivity index (χ0) is 23.7. The third kappa shape index (κ3) is 4.68. The number of rotatable bonds is 7. The molecule has 0 bridgehead atoms. The smallest absolute Gasteiger partial charge is 0.227 e. The molecule has 0 unspecified atom stereocenters. The average Bonchev–Trinajstić information content (AvgIpc) is 3.16. The van der Waals surface area contributed by atoms with Crippen LogP contribution in [-0.4, -0.2) is 41.8 Å². The van der Waals surface area contributed by atoms with Gasteiger partial charge in [-0.15, -0.1) is 0 Å². The quantitative estimate of drug-likeness (QED) is 0.581. The number of aliphatic hydroxyl groups is 1. The monoisotopic (exact) mass is 464 g/mol. The summed E-state index contributed by atoms with van der Waals surface area (Å²) in [5.74, 6) is 0.841. The second kappa shape index (κ2) is 9.76. The molecule has 7 heteroatoms. The van der Waals surface area contributed by atoms with E-state index in [1.54, 1.807) is 0 Å². The van der Waals surface area contributed by atoms with E-state index in [-0.39, 0.29) is 54.9 Å². The predicted molar refractivity (Wildman–Crippen MR) is 128 cm³/mol. The van der Waals surface area contributed by atoms with Crippen molar-refractivity contribution in [2.75, 3.05) is 11.9 Å². The zero-order valence-corrected chi connectivity index (χ0v) is 19.4. The van der Waals surface area contributed by atoms with E-state index < -0.39 is 6.10 Å². The highest BCUT2D eigenvalue weighted by atomic mass is 16.6. The van der Waals surface area contributed by atoms with E-state index in [4.69, 9.17) is 9.47 Å². The first-order valence-electron chi connectivity index (χ1n) is 12.2. The van der Waals surface area contributed by atoms with Crippen molar-refractivity contribution in [3.8, 4) is 5.75 Å². The maximum absolute atomic E-state index is 12.8. The van der Waals surface area contributed by atoms with Gasteiger partial charge >= 0.3 is 0 Å². The Kier molecular flexibility index (Phi) is 6.57. The summed E-state index contributed by atoms with van der Waals surface area (Å²) >= 11 is 0. The van der Waals surface area contributed by atoms with Crippen molar-refractivity contribution >= 4 is 17.5 Å². The molecular weight excluding hydrogens is 432 g/mol. The van der Waals surface area contributed by atoms with Crippen molar-refractivity contribution in [2.45, 2.75) is 69.3 Å². The number of amides is 2. The van der Waals surface area contributed by atoms with Crippen LogP contribution in [0.4, 0.5) is 5.69 Å². The van der Waals surface area contributed by atoms with Gasteiger partial charge in [0, 0.05) is 23.1 Å². The van der Waals surface area contributed by atoms with Gasteiger partial charge in [0.25, 0.3) is 0 Å². The summed E-state index contributed by atoms with van der Waals surface area (Å²) in [6.45, 7) is 1.78. The van der Waals surface area contributed by atoms with E-state index in [2.05, 4.69) is 10.6 Å². The SMILES string of the molecule is C[C@H](NC(=O)C[C@H]1C[C@@H]2c3cc(NC(=O)C4CCC4)ccc3O[C@@H]2[C@H](CO)O1)c1ccccc1. The summed E-state index contributed by atoms with van der Waals surface area (Å²) in [5.41, 5.74) is 2.81. The van der Waals surface area contributed by atoms with E-state index in [9.17, 15) is 14.7 Å². The lowest BCUT2D eigenvalue weighted by Crippen LogP contribution is -2.47. The molecule has 0 aromatic heterocycles. The molecule has 1 saturated heterocycles. The standard InChI is InChI=1S/C27H32N2O5/c1-16(17-6-3-2-4-7-17)28-25(31)14-20-13-22-21-12-19(29-27(32)18-8-5-9-18)10-11-23(21)34-26(22)24(15-30)33-20/h2-4,6-7,10-12,16,18,20,22,24,26,30H,5,8-9,13-15H2,1H3,(H,28,31)(H,29,32)/t16-,20+,22+,24-,26-/m0/s1. The number of anilines is 1. The van der Waals surface area contributed by atoms with Crippen molar-refractivity contribution in [3.63, 3.8) is 0 Å². The Labute approximate surface area is 199 Å². The van der Waals surface area contributed by atoms with Crippen molar-refractivity contribution in [3.05, 3.63) is 59.7 Å². The van der Waals surface area contributed by atoms with Crippen LogP contribution in [-0.2, 0) is 14.3 Å². The Morgan fingerprint density at radius 1 is 1.15 bits per heavy atom. The lowest BCUT2D eigenvalue weighted by atomic mass is 9.83. The topological polar surface area (TPSA) is 96.9 Å². The highest BCUT2D eigenvalue weighted by molar-refractivity contribution is 5.93. The van der Waals surface area contributed by atoms with Crippen molar-refractivity contribution in [2.24, 2.45) is 5.92 Å². The fourth-order valence-corrected chi connectivity index (χ4v) is 5.21. The van der Waals surface area contributed by atoms with Gasteiger partial charge in [-0.3, -0.25) is 9.59 Å². The van der Waals surface area contributed by atoms with Crippen LogP contribution in [0.2, 0.25) is 0 Å². The van der Waals surface area contributed by atoms with Gasteiger partial charge in [-0.2, -0.15) is 0 Å². The molecule has 3 N–H and O–H groups in total. The average molecular weight is 465 g/mol.